The Labute approximate surface area is 132 Å². The SMILES string of the molecule is Cc1ccccc1NC(=O)N/N=C\c1cccc(Cl)c1Cl. The van der Waals surface area contributed by atoms with Gasteiger partial charge in [0.15, 0.2) is 0 Å². The highest BCUT2D eigenvalue weighted by Gasteiger charge is 2.03. The number of nitrogens with zero attached hydrogens (tertiary/aromatic N) is 1. The summed E-state index contributed by atoms with van der Waals surface area (Å²) in [6.07, 6.45) is 1.44. The van der Waals surface area contributed by atoms with Gasteiger partial charge in [-0.25, -0.2) is 10.2 Å². The first kappa shape index (κ1) is 15.4. The van der Waals surface area contributed by atoms with Crippen molar-refractivity contribution in [2.75, 3.05) is 5.32 Å². The average molecular weight is 322 g/mol. The first-order chi connectivity index (χ1) is 10.1. The number of nitrogens with one attached hydrogen (secondary N) is 2. The fourth-order valence-electron chi connectivity index (χ4n) is 1.64. The van der Waals surface area contributed by atoms with Gasteiger partial charge in [0.1, 0.15) is 0 Å². The van der Waals surface area contributed by atoms with Crippen LogP contribution >= 0.6 is 23.2 Å². The third-order valence-corrected chi connectivity index (χ3v) is 3.58. The molecule has 0 saturated heterocycles. The maximum atomic E-state index is 11.7. The second-order valence-electron chi connectivity index (χ2n) is 4.28. The van der Waals surface area contributed by atoms with Crippen LogP contribution in [-0.4, -0.2) is 12.2 Å². The van der Waals surface area contributed by atoms with Gasteiger partial charge in [-0.15, -0.1) is 0 Å². The zero-order chi connectivity index (χ0) is 15.2. The number of amides is 2. The van der Waals surface area contributed by atoms with Crippen LogP contribution in [0.4, 0.5) is 10.5 Å². The maximum absolute atomic E-state index is 11.7. The van der Waals surface area contributed by atoms with Crippen LogP contribution in [0.25, 0.3) is 0 Å². The topological polar surface area (TPSA) is 53.5 Å². The maximum Gasteiger partial charge on any atom is 0.339 e. The molecule has 4 nitrogen and oxygen atoms in total. The zero-order valence-electron chi connectivity index (χ0n) is 11.2. The van der Waals surface area contributed by atoms with Crippen molar-refractivity contribution in [3.63, 3.8) is 0 Å². The third kappa shape index (κ3) is 4.21. The molecular formula is C15H13Cl2N3O. The van der Waals surface area contributed by atoms with Gasteiger partial charge < -0.3 is 5.32 Å². The van der Waals surface area contributed by atoms with Crippen LogP contribution in [0.2, 0.25) is 10.0 Å². The van der Waals surface area contributed by atoms with Crippen LogP contribution < -0.4 is 10.7 Å². The van der Waals surface area contributed by atoms with Gasteiger partial charge in [-0.2, -0.15) is 5.10 Å². The molecule has 0 aliphatic carbocycles. The summed E-state index contributed by atoms with van der Waals surface area (Å²) in [6.45, 7) is 1.91. The second-order valence-corrected chi connectivity index (χ2v) is 5.07. The Morgan fingerprint density at radius 1 is 1.14 bits per heavy atom. The lowest BCUT2D eigenvalue weighted by Crippen LogP contribution is -2.24. The molecule has 0 radical (unpaired) electrons. The minimum atomic E-state index is -0.432. The van der Waals surface area contributed by atoms with Crippen molar-refractivity contribution in [2.45, 2.75) is 6.92 Å². The molecule has 2 aromatic carbocycles. The van der Waals surface area contributed by atoms with Gasteiger partial charge in [-0.3, -0.25) is 0 Å². The molecule has 2 N–H and O–H groups in total. The molecule has 108 valence electrons. The number of aryl methyl sites for hydroxylation is 1. The third-order valence-electron chi connectivity index (χ3n) is 2.74. The molecular weight excluding hydrogens is 309 g/mol. The van der Waals surface area contributed by atoms with Gasteiger partial charge >= 0.3 is 6.03 Å². The molecule has 0 aliphatic rings. The number of para-hydroxylation sites is 1. The largest absolute Gasteiger partial charge is 0.339 e. The Hall–Kier alpha value is -2.04. The summed E-state index contributed by atoms with van der Waals surface area (Å²) < 4.78 is 0. The van der Waals surface area contributed by atoms with Crippen molar-refractivity contribution in [1.82, 2.24) is 5.43 Å². The van der Waals surface area contributed by atoms with Crippen LogP contribution in [0.1, 0.15) is 11.1 Å². The number of hydrogen-bond donors (Lipinski definition) is 2. The summed E-state index contributed by atoms with van der Waals surface area (Å²) in [5, 5.41) is 7.37. The van der Waals surface area contributed by atoms with Gasteiger partial charge in [0.25, 0.3) is 0 Å². The van der Waals surface area contributed by atoms with E-state index in [4.69, 9.17) is 23.2 Å². The van der Waals surface area contributed by atoms with E-state index in [9.17, 15) is 4.79 Å². The monoisotopic (exact) mass is 321 g/mol. The minimum Gasteiger partial charge on any atom is -0.306 e. The van der Waals surface area contributed by atoms with E-state index in [0.29, 0.717) is 15.6 Å². The number of rotatable bonds is 3. The molecule has 0 spiro atoms. The average Bonchev–Trinajstić information content (AvgIpc) is 2.46. The molecule has 0 aromatic heterocycles. The molecule has 6 heteroatoms. The molecule has 0 atom stereocenters. The van der Waals surface area contributed by atoms with Crippen LogP contribution in [-0.2, 0) is 0 Å². The molecule has 0 aliphatic heterocycles. The summed E-state index contributed by atoms with van der Waals surface area (Å²) in [5.74, 6) is 0. The summed E-state index contributed by atoms with van der Waals surface area (Å²) in [7, 11) is 0. The van der Waals surface area contributed by atoms with Gasteiger partial charge in [0.2, 0.25) is 0 Å². The second kappa shape index (κ2) is 7.11. The molecule has 0 fully saturated rings. The molecule has 0 saturated carbocycles. The Bertz CT molecular complexity index is 686. The molecule has 2 amide bonds. The number of hydrogen-bond acceptors (Lipinski definition) is 2. The van der Waals surface area contributed by atoms with E-state index in [1.165, 1.54) is 6.21 Å². The van der Waals surface area contributed by atoms with Gasteiger partial charge in [0.05, 0.1) is 16.3 Å². The van der Waals surface area contributed by atoms with Crippen molar-refractivity contribution < 1.29 is 4.79 Å². The molecule has 0 unspecified atom stereocenters. The van der Waals surface area contributed by atoms with Gasteiger partial charge in [-0.1, -0.05) is 53.5 Å². The summed E-state index contributed by atoms with van der Waals surface area (Å²) in [4.78, 5) is 11.7. The number of anilines is 1. The number of urea groups is 1. The molecule has 2 rings (SSSR count). The van der Waals surface area contributed by atoms with Crippen LogP contribution in [0.5, 0.6) is 0 Å². The number of halogens is 2. The Balaban J connectivity index is 1.97. The fourth-order valence-corrected chi connectivity index (χ4v) is 2.00. The lowest BCUT2D eigenvalue weighted by atomic mass is 10.2. The highest BCUT2D eigenvalue weighted by Crippen LogP contribution is 2.24. The Morgan fingerprint density at radius 3 is 2.67 bits per heavy atom. The Morgan fingerprint density at radius 2 is 1.90 bits per heavy atom. The van der Waals surface area contributed by atoms with E-state index >= 15 is 0 Å². The van der Waals surface area contributed by atoms with E-state index in [0.717, 1.165) is 11.3 Å². The smallest absolute Gasteiger partial charge is 0.306 e. The van der Waals surface area contributed by atoms with Gasteiger partial charge in [0, 0.05) is 11.3 Å². The fraction of sp³-hybridized carbons (Fsp3) is 0.0667. The Kier molecular flexibility index (Phi) is 5.20. The van der Waals surface area contributed by atoms with Crippen molar-refractivity contribution in [3.05, 3.63) is 63.6 Å². The molecule has 21 heavy (non-hydrogen) atoms. The van der Waals surface area contributed by atoms with Gasteiger partial charge in [-0.05, 0) is 24.6 Å². The molecule has 0 heterocycles. The van der Waals surface area contributed by atoms with Crippen molar-refractivity contribution in [1.29, 1.82) is 0 Å². The number of hydrazone groups is 1. The number of carbonyl (C=O) groups is 1. The molecule has 2 aromatic rings. The summed E-state index contributed by atoms with van der Waals surface area (Å²) in [5.41, 5.74) is 4.69. The standard InChI is InChI=1S/C15H13Cl2N3O/c1-10-5-2-3-8-13(10)19-15(21)20-18-9-11-6-4-7-12(16)14(11)17/h2-9H,1H3,(H2,19,20,21)/b18-9-. The highest BCUT2D eigenvalue weighted by atomic mass is 35.5. The quantitative estimate of drug-likeness (QED) is 0.636. The van der Waals surface area contributed by atoms with Crippen molar-refractivity contribution in [2.24, 2.45) is 5.10 Å². The van der Waals surface area contributed by atoms with Crippen LogP contribution in [0, 0.1) is 6.92 Å². The van der Waals surface area contributed by atoms with Crippen LogP contribution in [0.3, 0.4) is 0 Å². The lowest BCUT2D eigenvalue weighted by Gasteiger charge is -2.06. The normalized spacial score (nSPS) is 10.6. The van der Waals surface area contributed by atoms with E-state index in [1.54, 1.807) is 18.2 Å². The van der Waals surface area contributed by atoms with E-state index in [-0.39, 0.29) is 0 Å². The summed E-state index contributed by atoms with van der Waals surface area (Å²) >= 11 is 11.9. The number of carbonyl (C=O) groups excluding carboxylic acids is 1. The minimum absolute atomic E-state index is 0.393. The predicted octanol–water partition coefficient (Wildman–Crippen LogP) is 4.46. The lowest BCUT2D eigenvalue weighted by molar-refractivity contribution is 0.252. The summed E-state index contributed by atoms with van der Waals surface area (Å²) in [6, 6.07) is 12.2. The van der Waals surface area contributed by atoms with Crippen LogP contribution in [0.15, 0.2) is 47.6 Å². The van der Waals surface area contributed by atoms with Crippen molar-refractivity contribution >= 4 is 41.1 Å². The highest BCUT2D eigenvalue weighted by molar-refractivity contribution is 6.43. The van der Waals surface area contributed by atoms with E-state index in [1.807, 2.05) is 31.2 Å². The van der Waals surface area contributed by atoms with Crippen molar-refractivity contribution in [3.8, 4) is 0 Å². The first-order valence-corrected chi connectivity index (χ1v) is 6.93. The zero-order valence-corrected chi connectivity index (χ0v) is 12.7. The molecule has 0 bridgehead atoms. The van der Waals surface area contributed by atoms with E-state index in [2.05, 4.69) is 15.8 Å². The predicted molar refractivity (Wildman–Crippen MR) is 87.4 cm³/mol. The number of benzene rings is 2. The van der Waals surface area contributed by atoms with E-state index < -0.39 is 6.03 Å². The first-order valence-electron chi connectivity index (χ1n) is 6.17.